The first-order valence-electron chi connectivity index (χ1n) is 17.6. The standard InChI is InChI=1S/C48H36N2/c1-48(2)44-28-34(31-17-19-32(20-18-31)38-14-8-10-36-30-49-26-25-39(36)38)21-23-40(44)41-24-22-35(29-45(41)48)33-9-7-11-37(27-33)50-46-15-5-3-12-42(46)43-13-4-6-16-47(43)50/h3-30,40,44H,1-2H3. The number of nitrogens with zero attached hydrogens (tertiary/aromatic N) is 2. The van der Waals surface area contributed by atoms with Gasteiger partial charge in [-0.25, -0.2) is 0 Å². The van der Waals surface area contributed by atoms with E-state index in [4.69, 9.17) is 0 Å². The number of para-hydroxylation sites is 2. The molecule has 8 aromatic rings. The molecule has 0 amide bonds. The highest BCUT2D eigenvalue weighted by molar-refractivity contribution is 6.09. The average Bonchev–Trinajstić information content (AvgIpc) is 3.63. The molecule has 0 saturated carbocycles. The van der Waals surface area contributed by atoms with E-state index >= 15 is 0 Å². The third-order valence-corrected chi connectivity index (χ3v) is 11.4. The Morgan fingerprint density at radius 1 is 0.600 bits per heavy atom. The number of hydrogen-bond donors (Lipinski definition) is 0. The summed E-state index contributed by atoms with van der Waals surface area (Å²) in [5.74, 6) is 0.771. The Hall–Kier alpha value is -5.99. The van der Waals surface area contributed by atoms with Gasteiger partial charge in [0.25, 0.3) is 0 Å². The Balaban J connectivity index is 0.982. The van der Waals surface area contributed by atoms with Crippen LogP contribution in [0.2, 0.25) is 0 Å². The normalized spacial score (nSPS) is 17.6. The summed E-state index contributed by atoms with van der Waals surface area (Å²) in [4.78, 5) is 4.31. The minimum absolute atomic E-state index is 0.00655. The van der Waals surface area contributed by atoms with Gasteiger partial charge in [0.2, 0.25) is 0 Å². The predicted molar refractivity (Wildman–Crippen MR) is 210 cm³/mol. The van der Waals surface area contributed by atoms with Crippen LogP contribution in [0.1, 0.15) is 36.5 Å². The van der Waals surface area contributed by atoms with E-state index in [-0.39, 0.29) is 5.41 Å². The van der Waals surface area contributed by atoms with Gasteiger partial charge in [0.15, 0.2) is 0 Å². The van der Waals surface area contributed by atoms with Crippen LogP contribution in [-0.4, -0.2) is 9.55 Å². The van der Waals surface area contributed by atoms with Crippen molar-refractivity contribution in [3.8, 4) is 27.9 Å². The maximum Gasteiger partial charge on any atom is 0.0541 e. The van der Waals surface area contributed by atoms with E-state index in [1.54, 1.807) is 0 Å². The van der Waals surface area contributed by atoms with Gasteiger partial charge in [0, 0.05) is 40.2 Å². The fourth-order valence-corrected chi connectivity index (χ4v) is 8.83. The van der Waals surface area contributed by atoms with Gasteiger partial charge < -0.3 is 4.57 Å². The summed E-state index contributed by atoms with van der Waals surface area (Å²) in [6, 6.07) is 51.3. The predicted octanol–water partition coefficient (Wildman–Crippen LogP) is 12.3. The van der Waals surface area contributed by atoms with E-state index in [0.717, 1.165) is 0 Å². The summed E-state index contributed by atoms with van der Waals surface area (Å²) < 4.78 is 2.41. The number of pyridine rings is 1. The smallest absolute Gasteiger partial charge is 0.0541 e. The molecule has 238 valence electrons. The second-order valence-electron chi connectivity index (χ2n) is 14.5. The molecule has 6 aromatic carbocycles. The Morgan fingerprint density at radius 2 is 1.30 bits per heavy atom. The van der Waals surface area contributed by atoms with E-state index in [1.807, 2.05) is 12.4 Å². The number of allylic oxidation sites excluding steroid dienone is 4. The summed E-state index contributed by atoms with van der Waals surface area (Å²) in [6.45, 7) is 4.86. The third kappa shape index (κ3) is 4.38. The van der Waals surface area contributed by atoms with Gasteiger partial charge in [-0.15, -0.1) is 0 Å². The molecule has 10 rings (SSSR count). The number of benzene rings is 6. The highest BCUT2D eigenvalue weighted by Crippen LogP contribution is 2.55. The molecule has 0 N–H and O–H groups in total. The Bertz CT molecular complexity index is 2630. The fraction of sp³-hybridized carbons (Fsp3) is 0.104. The molecule has 2 heteroatoms. The largest absolute Gasteiger partial charge is 0.309 e. The monoisotopic (exact) mass is 640 g/mol. The molecule has 0 radical (unpaired) electrons. The quantitative estimate of drug-likeness (QED) is 0.187. The van der Waals surface area contributed by atoms with E-state index < -0.39 is 0 Å². The first-order chi connectivity index (χ1) is 24.5. The van der Waals surface area contributed by atoms with Gasteiger partial charge in [-0.3, -0.25) is 4.98 Å². The van der Waals surface area contributed by atoms with Crippen LogP contribution in [0.3, 0.4) is 0 Å². The van der Waals surface area contributed by atoms with Gasteiger partial charge in [-0.1, -0.05) is 141 Å². The molecule has 2 atom stereocenters. The van der Waals surface area contributed by atoms with Crippen molar-refractivity contribution in [2.45, 2.75) is 25.2 Å². The molecule has 2 aliphatic carbocycles. The van der Waals surface area contributed by atoms with Crippen LogP contribution in [0.25, 0.3) is 66.1 Å². The lowest BCUT2D eigenvalue weighted by Gasteiger charge is -2.31. The van der Waals surface area contributed by atoms with Gasteiger partial charge in [-0.05, 0) is 91.6 Å². The SMILES string of the molecule is CC1(C)c2cc(-c3cccc(-n4c5ccccc5c5ccccc54)c3)ccc2C2C=CC(c3ccc(-c4cccc5cnccc45)cc3)=CC21. The van der Waals surface area contributed by atoms with E-state index in [9.17, 15) is 0 Å². The number of rotatable bonds is 4. The fourth-order valence-electron chi connectivity index (χ4n) is 8.83. The summed E-state index contributed by atoms with van der Waals surface area (Å²) in [5.41, 5.74) is 14.1. The minimum atomic E-state index is -0.00655. The van der Waals surface area contributed by atoms with Crippen LogP contribution in [0, 0.1) is 5.92 Å². The molecule has 0 fully saturated rings. The summed E-state index contributed by atoms with van der Waals surface area (Å²) >= 11 is 0. The number of aromatic nitrogens is 2. The van der Waals surface area contributed by atoms with Crippen molar-refractivity contribution in [3.63, 3.8) is 0 Å². The molecule has 50 heavy (non-hydrogen) atoms. The Morgan fingerprint density at radius 3 is 2.10 bits per heavy atom. The highest BCUT2D eigenvalue weighted by atomic mass is 15.0. The number of fused-ring (bicyclic) bond motifs is 7. The second kappa shape index (κ2) is 11.0. The second-order valence-corrected chi connectivity index (χ2v) is 14.5. The van der Waals surface area contributed by atoms with Crippen LogP contribution < -0.4 is 0 Å². The van der Waals surface area contributed by atoms with Crippen LogP contribution in [0.15, 0.2) is 170 Å². The molecule has 2 heterocycles. The van der Waals surface area contributed by atoms with Gasteiger partial charge in [-0.2, -0.15) is 0 Å². The lowest BCUT2D eigenvalue weighted by Crippen LogP contribution is -2.25. The van der Waals surface area contributed by atoms with Crippen molar-refractivity contribution in [2.75, 3.05) is 0 Å². The van der Waals surface area contributed by atoms with Crippen molar-refractivity contribution in [1.29, 1.82) is 0 Å². The van der Waals surface area contributed by atoms with Crippen molar-refractivity contribution >= 4 is 38.2 Å². The summed E-state index contributed by atoms with van der Waals surface area (Å²) in [6.07, 6.45) is 11.1. The molecule has 2 unspecified atom stereocenters. The summed E-state index contributed by atoms with van der Waals surface area (Å²) in [5, 5.41) is 4.97. The van der Waals surface area contributed by atoms with Gasteiger partial charge >= 0.3 is 0 Å². The Kier molecular flexibility index (Phi) is 6.38. The third-order valence-electron chi connectivity index (χ3n) is 11.4. The minimum Gasteiger partial charge on any atom is -0.309 e. The first-order valence-corrected chi connectivity index (χ1v) is 17.6. The zero-order valence-electron chi connectivity index (χ0n) is 28.2. The van der Waals surface area contributed by atoms with E-state index in [2.05, 4.69) is 181 Å². The zero-order valence-corrected chi connectivity index (χ0v) is 28.2. The molecule has 0 aliphatic heterocycles. The molecule has 0 saturated heterocycles. The molecule has 0 spiro atoms. The topological polar surface area (TPSA) is 17.8 Å². The Labute approximate surface area is 292 Å². The summed E-state index contributed by atoms with van der Waals surface area (Å²) in [7, 11) is 0. The van der Waals surface area contributed by atoms with Crippen molar-refractivity contribution < 1.29 is 0 Å². The van der Waals surface area contributed by atoms with Gasteiger partial charge in [0.1, 0.15) is 0 Å². The van der Waals surface area contributed by atoms with Crippen molar-refractivity contribution in [3.05, 3.63) is 187 Å². The van der Waals surface area contributed by atoms with Gasteiger partial charge in [0.05, 0.1) is 11.0 Å². The first kappa shape index (κ1) is 29.0. The molecule has 0 bridgehead atoms. The van der Waals surface area contributed by atoms with Crippen LogP contribution in [-0.2, 0) is 5.41 Å². The van der Waals surface area contributed by atoms with Crippen LogP contribution in [0.4, 0.5) is 0 Å². The van der Waals surface area contributed by atoms with E-state index in [1.165, 1.54) is 82.8 Å². The maximum atomic E-state index is 4.31. The zero-order chi connectivity index (χ0) is 33.4. The number of hydrogen-bond acceptors (Lipinski definition) is 1. The maximum absolute atomic E-state index is 4.31. The molecule has 2 nitrogen and oxygen atoms in total. The molecular formula is C48H36N2. The van der Waals surface area contributed by atoms with Crippen LogP contribution >= 0.6 is 0 Å². The molecule has 2 aromatic heterocycles. The molecular weight excluding hydrogens is 605 g/mol. The average molecular weight is 641 g/mol. The lowest BCUT2D eigenvalue weighted by atomic mass is 9.72. The van der Waals surface area contributed by atoms with Crippen molar-refractivity contribution in [1.82, 2.24) is 9.55 Å². The van der Waals surface area contributed by atoms with Crippen LogP contribution in [0.5, 0.6) is 0 Å². The molecule has 2 aliphatic rings. The van der Waals surface area contributed by atoms with E-state index in [0.29, 0.717) is 11.8 Å². The lowest BCUT2D eigenvalue weighted by molar-refractivity contribution is 0.395. The van der Waals surface area contributed by atoms with Crippen molar-refractivity contribution in [2.24, 2.45) is 5.92 Å². The highest BCUT2D eigenvalue weighted by Gasteiger charge is 2.45.